The van der Waals surface area contributed by atoms with Crippen molar-refractivity contribution in [2.24, 2.45) is 5.41 Å². The van der Waals surface area contributed by atoms with Crippen molar-refractivity contribution in [3.8, 4) is 5.75 Å². The van der Waals surface area contributed by atoms with Crippen LogP contribution >= 0.6 is 0 Å². The first-order valence-electron chi connectivity index (χ1n) is 6.94. The van der Waals surface area contributed by atoms with Gasteiger partial charge in [-0.05, 0) is 68.2 Å². The van der Waals surface area contributed by atoms with Crippen molar-refractivity contribution >= 4 is 5.69 Å². The molecule has 0 heterocycles. The van der Waals surface area contributed by atoms with E-state index in [0.717, 1.165) is 11.1 Å². The number of nitrogens with one attached hydrogen (secondary N) is 1. The molecule has 0 spiro atoms. The molecule has 18 heavy (non-hydrogen) atoms. The first kappa shape index (κ1) is 13.3. The minimum atomic E-state index is 0.392. The van der Waals surface area contributed by atoms with Gasteiger partial charge in [-0.15, -0.1) is 0 Å². The summed E-state index contributed by atoms with van der Waals surface area (Å²) in [4.78, 5) is 0. The third-order valence-corrected chi connectivity index (χ3v) is 4.24. The number of anilines is 1. The molecule has 2 nitrogen and oxygen atoms in total. The van der Waals surface area contributed by atoms with Crippen LogP contribution in [0.2, 0.25) is 0 Å². The molecule has 0 radical (unpaired) electrons. The van der Waals surface area contributed by atoms with Crippen LogP contribution in [0.5, 0.6) is 5.75 Å². The van der Waals surface area contributed by atoms with Gasteiger partial charge in [-0.1, -0.05) is 13.8 Å². The molecule has 0 amide bonds. The average molecular weight is 247 g/mol. The Bertz CT molecular complexity index is 427. The number of aromatic hydroxyl groups is 1. The second kappa shape index (κ2) is 4.83. The largest absolute Gasteiger partial charge is 0.508 e. The van der Waals surface area contributed by atoms with Gasteiger partial charge in [0.15, 0.2) is 0 Å². The van der Waals surface area contributed by atoms with Crippen molar-refractivity contribution in [2.75, 3.05) is 5.32 Å². The smallest absolute Gasteiger partial charge is 0.118 e. The molecular weight excluding hydrogens is 222 g/mol. The van der Waals surface area contributed by atoms with E-state index in [0.29, 0.717) is 17.2 Å². The number of hydrogen-bond acceptors (Lipinski definition) is 2. The van der Waals surface area contributed by atoms with Crippen LogP contribution < -0.4 is 5.32 Å². The maximum absolute atomic E-state index is 9.67. The van der Waals surface area contributed by atoms with E-state index in [9.17, 15) is 5.11 Å². The SMILES string of the molecule is Cc1cc(NC2CCC(C)(C)CC2)c(C)cc1O. The van der Waals surface area contributed by atoms with Gasteiger partial charge in [0.25, 0.3) is 0 Å². The lowest BCUT2D eigenvalue weighted by Crippen LogP contribution is -2.30. The molecule has 1 aliphatic carbocycles. The van der Waals surface area contributed by atoms with Gasteiger partial charge < -0.3 is 10.4 Å². The van der Waals surface area contributed by atoms with E-state index >= 15 is 0 Å². The maximum Gasteiger partial charge on any atom is 0.118 e. The molecule has 0 atom stereocenters. The lowest BCUT2D eigenvalue weighted by atomic mass is 9.75. The molecule has 0 unspecified atom stereocenters. The van der Waals surface area contributed by atoms with Crippen LogP contribution in [0.1, 0.15) is 50.7 Å². The van der Waals surface area contributed by atoms with E-state index < -0.39 is 0 Å². The van der Waals surface area contributed by atoms with E-state index in [1.165, 1.54) is 31.4 Å². The number of hydrogen-bond donors (Lipinski definition) is 2. The molecule has 2 N–H and O–H groups in total. The Kier molecular flexibility index (Phi) is 3.56. The second-order valence-electron chi connectivity index (χ2n) is 6.54. The molecule has 2 heteroatoms. The Morgan fingerprint density at radius 1 is 1.11 bits per heavy atom. The first-order chi connectivity index (χ1) is 8.37. The number of phenols is 1. The van der Waals surface area contributed by atoms with E-state index in [2.05, 4.69) is 25.2 Å². The monoisotopic (exact) mass is 247 g/mol. The molecule has 1 saturated carbocycles. The zero-order chi connectivity index (χ0) is 13.3. The van der Waals surface area contributed by atoms with Crippen LogP contribution in [-0.2, 0) is 0 Å². The predicted molar refractivity (Wildman–Crippen MR) is 77.2 cm³/mol. The maximum atomic E-state index is 9.67. The molecule has 0 aromatic heterocycles. The van der Waals surface area contributed by atoms with Crippen molar-refractivity contribution in [1.29, 1.82) is 0 Å². The topological polar surface area (TPSA) is 32.3 Å². The Labute approximate surface area is 110 Å². The summed E-state index contributed by atoms with van der Waals surface area (Å²) in [5.74, 6) is 0.392. The van der Waals surface area contributed by atoms with Crippen molar-refractivity contribution in [2.45, 2.75) is 59.4 Å². The summed E-state index contributed by atoms with van der Waals surface area (Å²) in [5, 5.41) is 13.3. The van der Waals surface area contributed by atoms with Gasteiger partial charge in [0.2, 0.25) is 0 Å². The Morgan fingerprint density at radius 3 is 2.33 bits per heavy atom. The van der Waals surface area contributed by atoms with E-state index in [-0.39, 0.29) is 0 Å². The predicted octanol–water partition coefficient (Wildman–Crippen LogP) is 4.39. The van der Waals surface area contributed by atoms with Crippen molar-refractivity contribution in [1.82, 2.24) is 0 Å². The molecule has 100 valence electrons. The van der Waals surface area contributed by atoms with Gasteiger partial charge in [-0.2, -0.15) is 0 Å². The Balaban J connectivity index is 2.04. The van der Waals surface area contributed by atoms with Crippen LogP contribution in [0.15, 0.2) is 12.1 Å². The summed E-state index contributed by atoms with van der Waals surface area (Å²) < 4.78 is 0. The van der Waals surface area contributed by atoms with Gasteiger partial charge in [0, 0.05) is 11.7 Å². The molecule has 1 aromatic rings. The summed E-state index contributed by atoms with van der Waals surface area (Å²) in [6, 6.07) is 4.50. The molecule has 1 fully saturated rings. The van der Waals surface area contributed by atoms with E-state index in [1.54, 1.807) is 0 Å². The van der Waals surface area contributed by atoms with Gasteiger partial charge in [0.05, 0.1) is 0 Å². The summed E-state index contributed by atoms with van der Waals surface area (Å²) in [6.07, 6.45) is 5.07. The minimum absolute atomic E-state index is 0.392. The summed E-state index contributed by atoms with van der Waals surface area (Å²) in [7, 11) is 0. The third-order valence-electron chi connectivity index (χ3n) is 4.24. The van der Waals surface area contributed by atoms with Gasteiger partial charge in [-0.3, -0.25) is 0 Å². The highest BCUT2D eigenvalue weighted by atomic mass is 16.3. The van der Waals surface area contributed by atoms with Crippen molar-refractivity contribution < 1.29 is 5.11 Å². The van der Waals surface area contributed by atoms with Gasteiger partial charge in [0.1, 0.15) is 5.75 Å². The van der Waals surface area contributed by atoms with Gasteiger partial charge >= 0.3 is 0 Å². The Morgan fingerprint density at radius 2 is 1.72 bits per heavy atom. The normalized spacial score (nSPS) is 19.8. The number of phenolic OH excluding ortho intramolecular Hbond substituents is 1. The van der Waals surface area contributed by atoms with Crippen LogP contribution in [0.3, 0.4) is 0 Å². The summed E-state index contributed by atoms with van der Waals surface area (Å²) in [6.45, 7) is 8.72. The van der Waals surface area contributed by atoms with Crippen LogP contribution in [0, 0.1) is 19.3 Å². The number of rotatable bonds is 2. The molecular formula is C16H25NO. The second-order valence-corrected chi connectivity index (χ2v) is 6.54. The highest BCUT2D eigenvalue weighted by Crippen LogP contribution is 2.36. The standard InChI is InChI=1S/C16H25NO/c1-11-10-15(18)12(2)9-14(11)17-13-5-7-16(3,4)8-6-13/h9-10,13,17-18H,5-8H2,1-4H3. The average Bonchev–Trinajstić information content (AvgIpc) is 2.28. The van der Waals surface area contributed by atoms with Crippen molar-refractivity contribution in [3.05, 3.63) is 23.3 Å². The van der Waals surface area contributed by atoms with Crippen molar-refractivity contribution in [3.63, 3.8) is 0 Å². The quantitative estimate of drug-likeness (QED) is 0.760. The summed E-state index contributed by atoms with van der Waals surface area (Å²) >= 11 is 0. The zero-order valence-corrected chi connectivity index (χ0v) is 12.0. The molecule has 1 aliphatic rings. The molecule has 1 aromatic carbocycles. The fraction of sp³-hybridized carbons (Fsp3) is 0.625. The highest BCUT2D eigenvalue weighted by molar-refractivity contribution is 5.57. The Hall–Kier alpha value is -1.18. The zero-order valence-electron chi connectivity index (χ0n) is 12.0. The lowest BCUT2D eigenvalue weighted by Gasteiger charge is -2.35. The van der Waals surface area contributed by atoms with Crippen LogP contribution in [-0.4, -0.2) is 11.1 Å². The molecule has 0 aliphatic heterocycles. The fourth-order valence-electron chi connectivity index (χ4n) is 2.72. The van der Waals surface area contributed by atoms with Gasteiger partial charge in [-0.25, -0.2) is 0 Å². The summed E-state index contributed by atoms with van der Waals surface area (Å²) in [5.41, 5.74) is 3.76. The lowest BCUT2D eigenvalue weighted by molar-refractivity contribution is 0.232. The number of benzene rings is 1. The highest BCUT2D eigenvalue weighted by Gasteiger charge is 2.26. The first-order valence-corrected chi connectivity index (χ1v) is 6.94. The molecule has 0 bridgehead atoms. The van der Waals surface area contributed by atoms with Crippen LogP contribution in [0.25, 0.3) is 0 Å². The molecule has 0 saturated heterocycles. The minimum Gasteiger partial charge on any atom is -0.508 e. The van der Waals surface area contributed by atoms with E-state index in [1.807, 2.05) is 19.9 Å². The van der Waals surface area contributed by atoms with Crippen LogP contribution in [0.4, 0.5) is 5.69 Å². The number of aryl methyl sites for hydroxylation is 2. The molecule has 2 rings (SSSR count). The van der Waals surface area contributed by atoms with E-state index in [4.69, 9.17) is 0 Å². The third kappa shape index (κ3) is 2.98. The fourth-order valence-corrected chi connectivity index (χ4v) is 2.72.